The molecule has 4 aliphatic carbocycles. The molecule has 4 saturated carbocycles. The Labute approximate surface area is 213 Å². The van der Waals surface area contributed by atoms with E-state index in [9.17, 15) is 9.18 Å². The zero-order valence-corrected chi connectivity index (χ0v) is 22.5. The Morgan fingerprint density at radius 2 is 1.74 bits per heavy atom. The van der Waals surface area contributed by atoms with Crippen molar-refractivity contribution in [2.24, 2.45) is 46.8 Å². The molecule has 1 aromatic carbocycles. The van der Waals surface area contributed by atoms with Crippen molar-refractivity contribution in [1.82, 2.24) is 5.32 Å². The minimum Gasteiger partial charge on any atom is -0.381 e. The molecule has 5 rings (SSSR count). The summed E-state index contributed by atoms with van der Waals surface area (Å²) in [4.78, 5) is 13.3. The van der Waals surface area contributed by atoms with Crippen LogP contribution in [-0.4, -0.2) is 19.1 Å². The average Bonchev–Trinajstić information content (AvgIpc) is 3.25. The molecule has 3 nitrogen and oxygen atoms in total. The van der Waals surface area contributed by atoms with Crippen LogP contribution in [0.4, 0.5) is 4.39 Å². The van der Waals surface area contributed by atoms with Crippen LogP contribution in [0.1, 0.15) is 91.0 Å². The first kappa shape index (κ1) is 26.6. The van der Waals surface area contributed by atoms with Crippen molar-refractivity contribution >= 4 is 5.91 Å². The fraction of sp³-hybridized carbons (Fsp3) is 0.774. The summed E-state index contributed by atoms with van der Waals surface area (Å²) in [5, 5.41) is 3.18. The smallest absolute Gasteiger partial charge is 0.223 e. The van der Waals surface area contributed by atoms with E-state index in [1.165, 1.54) is 63.5 Å². The molecule has 0 heterocycles. The lowest BCUT2D eigenvalue weighted by atomic mass is 9.49. The van der Waals surface area contributed by atoms with Crippen LogP contribution >= 0.6 is 0 Å². The van der Waals surface area contributed by atoms with Gasteiger partial charge in [-0.1, -0.05) is 32.9 Å². The Morgan fingerprint density at radius 3 is 2.49 bits per heavy atom. The van der Waals surface area contributed by atoms with Crippen LogP contribution in [0.5, 0.6) is 0 Å². The van der Waals surface area contributed by atoms with Crippen molar-refractivity contribution in [2.45, 2.75) is 92.0 Å². The van der Waals surface area contributed by atoms with Gasteiger partial charge in [0, 0.05) is 25.7 Å². The number of hydrogen-bond donors (Lipinski definition) is 1. The third-order valence-electron chi connectivity index (χ3n) is 10.3. The van der Waals surface area contributed by atoms with E-state index in [1.807, 2.05) is 13.8 Å². The molecule has 0 aromatic heterocycles. The van der Waals surface area contributed by atoms with E-state index in [2.05, 4.69) is 19.2 Å². The molecule has 0 spiro atoms. The summed E-state index contributed by atoms with van der Waals surface area (Å²) in [5.41, 5.74) is 1.11. The molecule has 8 atom stereocenters. The fourth-order valence-electron chi connectivity index (χ4n) is 8.73. The van der Waals surface area contributed by atoms with Crippen molar-refractivity contribution < 1.29 is 13.9 Å². The molecule has 0 aliphatic heterocycles. The Kier molecular flexibility index (Phi) is 8.94. The van der Waals surface area contributed by atoms with E-state index in [-0.39, 0.29) is 23.1 Å². The van der Waals surface area contributed by atoms with Crippen molar-refractivity contribution in [2.75, 3.05) is 13.2 Å². The second-order valence-electron chi connectivity index (χ2n) is 11.8. The largest absolute Gasteiger partial charge is 0.381 e. The SMILES string of the molecule is CC.CCOCC1CC[C@H]2C(CC[C@@H]3C2CC[C@@]2(C)C3CC[C@@H]2C(=O)NCc2ccc(F)cc2)C1. The normalized spacial score (nSPS) is 37.8. The maximum Gasteiger partial charge on any atom is 0.223 e. The summed E-state index contributed by atoms with van der Waals surface area (Å²) in [6, 6.07) is 6.47. The zero-order chi connectivity index (χ0) is 25.0. The van der Waals surface area contributed by atoms with Gasteiger partial charge in [0.05, 0.1) is 0 Å². The first-order valence-corrected chi connectivity index (χ1v) is 14.6. The molecule has 0 radical (unpaired) electrons. The van der Waals surface area contributed by atoms with Gasteiger partial charge < -0.3 is 10.1 Å². The number of carbonyl (C=O) groups is 1. The van der Waals surface area contributed by atoms with Crippen LogP contribution in [0.3, 0.4) is 0 Å². The van der Waals surface area contributed by atoms with Crippen LogP contribution in [-0.2, 0) is 16.1 Å². The lowest BCUT2D eigenvalue weighted by molar-refractivity contribution is -0.133. The summed E-state index contributed by atoms with van der Waals surface area (Å²) >= 11 is 0. The van der Waals surface area contributed by atoms with Crippen LogP contribution in [0.15, 0.2) is 24.3 Å². The minimum atomic E-state index is -0.231. The number of fused-ring (bicyclic) bond motifs is 5. The van der Waals surface area contributed by atoms with Crippen molar-refractivity contribution in [3.05, 3.63) is 35.6 Å². The van der Waals surface area contributed by atoms with E-state index >= 15 is 0 Å². The van der Waals surface area contributed by atoms with Gasteiger partial charge in [0.15, 0.2) is 0 Å². The summed E-state index contributed by atoms with van der Waals surface area (Å²) < 4.78 is 18.9. The molecule has 0 bridgehead atoms. The van der Waals surface area contributed by atoms with Crippen LogP contribution < -0.4 is 5.32 Å². The predicted octanol–water partition coefficient (Wildman–Crippen LogP) is 7.39. The summed E-state index contributed by atoms with van der Waals surface area (Å²) in [7, 11) is 0. The number of ether oxygens (including phenoxy) is 1. The molecule has 4 aliphatic rings. The van der Waals surface area contributed by atoms with E-state index in [4.69, 9.17) is 4.74 Å². The molecular formula is C31H48FNO2. The van der Waals surface area contributed by atoms with Crippen LogP contribution in [0.25, 0.3) is 0 Å². The van der Waals surface area contributed by atoms with Crippen molar-refractivity contribution in [1.29, 1.82) is 0 Å². The molecule has 196 valence electrons. The first-order chi connectivity index (χ1) is 17.0. The number of rotatable bonds is 6. The van der Waals surface area contributed by atoms with E-state index in [1.54, 1.807) is 12.1 Å². The van der Waals surface area contributed by atoms with Crippen LogP contribution in [0, 0.1) is 52.7 Å². The van der Waals surface area contributed by atoms with Gasteiger partial charge in [-0.2, -0.15) is 0 Å². The lowest BCUT2D eigenvalue weighted by Gasteiger charge is -2.56. The standard InChI is InChI=1S/C29H42FNO2.C2H6/c1-3-33-18-20-6-10-23-21(16-20)7-11-25-24(23)14-15-29(2)26(25)12-13-27(29)28(32)31-17-19-4-8-22(30)9-5-19;1-2/h4-5,8-9,20-21,23-27H,3,6-7,10-18H2,1-2H3,(H,31,32);1-2H3/t20?,21?,23-,24?,25+,26?,27+,29-;/m0./s1. The second kappa shape index (κ2) is 11.8. The summed E-state index contributed by atoms with van der Waals surface area (Å²) in [6.45, 7) is 10.8. The highest BCUT2D eigenvalue weighted by Crippen LogP contribution is 2.64. The van der Waals surface area contributed by atoms with Gasteiger partial charge in [-0.25, -0.2) is 4.39 Å². The number of benzene rings is 1. The molecule has 0 saturated heterocycles. The van der Waals surface area contributed by atoms with E-state index < -0.39 is 0 Å². The van der Waals surface area contributed by atoms with E-state index in [0.29, 0.717) is 12.5 Å². The molecular weight excluding hydrogens is 437 g/mol. The number of nitrogens with one attached hydrogen (secondary N) is 1. The maximum atomic E-state index is 13.3. The summed E-state index contributed by atoms with van der Waals surface area (Å²) in [6.07, 6.45) is 11.7. The molecule has 4 fully saturated rings. The highest BCUT2D eigenvalue weighted by Gasteiger charge is 2.58. The van der Waals surface area contributed by atoms with Gasteiger partial charge in [-0.15, -0.1) is 0 Å². The number of hydrogen-bond acceptors (Lipinski definition) is 2. The molecule has 4 heteroatoms. The van der Waals surface area contributed by atoms with E-state index in [0.717, 1.165) is 54.8 Å². The molecule has 4 unspecified atom stereocenters. The van der Waals surface area contributed by atoms with Gasteiger partial charge in [0.1, 0.15) is 5.82 Å². The highest BCUT2D eigenvalue weighted by molar-refractivity contribution is 5.80. The fourth-order valence-corrected chi connectivity index (χ4v) is 8.73. The highest BCUT2D eigenvalue weighted by atomic mass is 19.1. The Bertz CT molecular complexity index is 826. The average molecular weight is 486 g/mol. The topological polar surface area (TPSA) is 38.3 Å². The van der Waals surface area contributed by atoms with Gasteiger partial charge in [-0.3, -0.25) is 4.79 Å². The Balaban J connectivity index is 0.00000141. The number of halogens is 1. The monoisotopic (exact) mass is 485 g/mol. The third kappa shape index (κ3) is 5.48. The van der Waals surface area contributed by atoms with Gasteiger partial charge in [0.2, 0.25) is 5.91 Å². The first-order valence-electron chi connectivity index (χ1n) is 14.6. The maximum absolute atomic E-state index is 13.3. The Hall–Kier alpha value is -1.42. The zero-order valence-electron chi connectivity index (χ0n) is 22.5. The van der Waals surface area contributed by atoms with Gasteiger partial charge in [-0.05, 0) is 123 Å². The minimum absolute atomic E-state index is 0.128. The van der Waals surface area contributed by atoms with Gasteiger partial charge in [0.25, 0.3) is 0 Å². The summed E-state index contributed by atoms with van der Waals surface area (Å²) in [5.74, 6) is 5.13. The Morgan fingerprint density at radius 1 is 1.00 bits per heavy atom. The van der Waals surface area contributed by atoms with Gasteiger partial charge >= 0.3 is 0 Å². The molecule has 1 amide bonds. The third-order valence-corrected chi connectivity index (χ3v) is 10.3. The molecule has 1 N–H and O–H groups in total. The predicted molar refractivity (Wildman–Crippen MR) is 140 cm³/mol. The molecule has 35 heavy (non-hydrogen) atoms. The van der Waals surface area contributed by atoms with Crippen molar-refractivity contribution in [3.8, 4) is 0 Å². The van der Waals surface area contributed by atoms with Crippen LogP contribution in [0.2, 0.25) is 0 Å². The quantitative estimate of drug-likeness (QED) is 0.456. The van der Waals surface area contributed by atoms with Crippen molar-refractivity contribution in [3.63, 3.8) is 0 Å². The molecule has 1 aromatic rings. The lowest BCUT2D eigenvalue weighted by Crippen LogP contribution is -2.50. The second-order valence-corrected chi connectivity index (χ2v) is 11.8. The number of amides is 1. The number of carbonyl (C=O) groups excluding carboxylic acids is 1.